The molecule has 1 N–H and O–H groups in total. The summed E-state index contributed by atoms with van der Waals surface area (Å²) in [5, 5.41) is 2.65. The second kappa shape index (κ2) is 8.85. The molecule has 10 heteroatoms. The van der Waals surface area contributed by atoms with Crippen LogP contribution in [0.4, 0.5) is 0 Å². The number of amides is 2. The van der Waals surface area contributed by atoms with E-state index in [0.29, 0.717) is 32.6 Å². The molecule has 2 amide bonds. The molecule has 3 fully saturated rings. The van der Waals surface area contributed by atoms with E-state index in [0.717, 1.165) is 18.4 Å². The van der Waals surface area contributed by atoms with Crippen molar-refractivity contribution in [1.29, 1.82) is 0 Å². The van der Waals surface area contributed by atoms with Crippen LogP contribution < -0.4 is 5.32 Å². The molecule has 1 unspecified atom stereocenters. The van der Waals surface area contributed by atoms with E-state index < -0.39 is 27.6 Å². The van der Waals surface area contributed by atoms with E-state index in [2.05, 4.69) is 5.32 Å². The number of benzene rings is 1. The lowest BCUT2D eigenvalue weighted by Gasteiger charge is -2.42. The number of aryl methyl sites for hydroxylation is 1. The molecule has 0 radical (unpaired) electrons. The van der Waals surface area contributed by atoms with Crippen LogP contribution in [0.5, 0.6) is 0 Å². The molecule has 1 aromatic rings. The van der Waals surface area contributed by atoms with Gasteiger partial charge in [0, 0.05) is 45.6 Å². The van der Waals surface area contributed by atoms with Crippen LogP contribution >= 0.6 is 0 Å². The predicted molar refractivity (Wildman–Crippen MR) is 112 cm³/mol. The molecule has 170 valence electrons. The number of piperidine rings is 1. The Morgan fingerprint density at radius 2 is 1.84 bits per heavy atom. The van der Waals surface area contributed by atoms with Crippen LogP contribution in [0.15, 0.2) is 29.2 Å². The standard InChI is InChI=1S/C21H29N3O6S/c1-16-4-6-18(7-5-16)31(27,28)24-12-14-30-21(24)8-10-23(11-9-21)20(26)19(25)22-15-17-3-2-13-29-17/h4-7,17H,2-3,8-15H2,1H3,(H,22,25). The molecule has 0 saturated carbocycles. The molecule has 1 spiro atoms. The highest BCUT2D eigenvalue weighted by Crippen LogP contribution is 2.38. The molecule has 9 nitrogen and oxygen atoms in total. The maximum atomic E-state index is 13.2. The van der Waals surface area contributed by atoms with Gasteiger partial charge in [-0.1, -0.05) is 17.7 Å². The number of nitrogens with zero attached hydrogens (tertiary/aromatic N) is 2. The maximum Gasteiger partial charge on any atom is 0.311 e. The normalized spacial score (nSPS) is 23.9. The summed E-state index contributed by atoms with van der Waals surface area (Å²) in [6, 6.07) is 6.75. The Bertz CT molecular complexity index is 919. The molecule has 3 aliphatic heterocycles. The van der Waals surface area contributed by atoms with Crippen molar-refractivity contribution in [3.8, 4) is 0 Å². The zero-order valence-corrected chi connectivity index (χ0v) is 18.5. The van der Waals surface area contributed by atoms with Gasteiger partial charge in [-0.05, 0) is 31.9 Å². The van der Waals surface area contributed by atoms with E-state index in [1.54, 1.807) is 24.3 Å². The number of rotatable bonds is 4. The molecule has 0 aliphatic carbocycles. The van der Waals surface area contributed by atoms with E-state index in [1.807, 2.05) is 6.92 Å². The van der Waals surface area contributed by atoms with Gasteiger partial charge in [0.25, 0.3) is 0 Å². The molecule has 3 aliphatic rings. The van der Waals surface area contributed by atoms with Crippen molar-refractivity contribution in [2.45, 2.75) is 49.3 Å². The van der Waals surface area contributed by atoms with E-state index in [4.69, 9.17) is 9.47 Å². The summed E-state index contributed by atoms with van der Waals surface area (Å²) in [6.07, 6.45) is 2.45. The van der Waals surface area contributed by atoms with Crippen molar-refractivity contribution in [3.63, 3.8) is 0 Å². The molecule has 0 aromatic heterocycles. The average molecular weight is 452 g/mol. The third-order valence-electron chi connectivity index (χ3n) is 6.27. The minimum Gasteiger partial charge on any atom is -0.376 e. The lowest BCUT2D eigenvalue weighted by Crippen LogP contribution is -2.57. The SMILES string of the molecule is Cc1ccc(S(=O)(=O)N2CCOC23CCN(C(=O)C(=O)NCC2CCCO2)CC3)cc1. The third kappa shape index (κ3) is 4.48. The highest BCUT2D eigenvalue weighted by Gasteiger charge is 2.51. The maximum absolute atomic E-state index is 13.2. The Balaban J connectivity index is 1.38. The lowest BCUT2D eigenvalue weighted by molar-refractivity contribution is -0.151. The van der Waals surface area contributed by atoms with Gasteiger partial charge in [0.15, 0.2) is 0 Å². The zero-order valence-electron chi connectivity index (χ0n) is 17.7. The number of likely N-dealkylation sites (tertiary alicyclic amines) is 1. The molecule has 4 rings (SSSR count). The number of hydrogen-bond donors (Lipinski definition) is 1. The van der Waals surface area contributed by atoms with Gasteiger partial charge in [0.2, 0.25) is 10.0 Å². The molecule has 31 heavy (non-hydrogen) atoms. The Labute approximate surface area is 182 Å². The van der Waals surface area contributed by atoms with Gasteiger partial charge in [-0.25, -0.2) is 8.42 Å². The van der Waals surface area contributed by atoms with Gasteiger partial charge in [-0.2, -0.15) is 4.31 Å². The van der Waals surface area contributed by atoms with Gasteiger partial charge < -0.3 is 19.7 Å². The van der Waals surface area contributed by atoms with E-state index in [1.165, 1.54) is 9.21 Å². The summed E-state index contributed by atoms with van der Waals surface area (Å²) in [7, 11) is -3.72. The summed E-state index contributed by atoms with van der Waals surface area (Å²) in [5.74, 6) is -1.25. The average Bonchev–Trinajstić information content (AvgIpc) is 3.43. The zero-order chi connectivity index (χ0) is 22.1. The number of carbonyl (C=O) groups is 2. The fourth-order valence-corrected chi connectivity index (χ4v) is 6.18. The summed E-state index contributed by atoms with van der Waals surface area (Å²) in [6.45, 7) is 4.00. The van der Waals surface area contributed by atoms with Crippen LogP contribution in [0.2, 0.25) is 0 Å². The first kappa shape index (κ1) is 22.2. The highest BCUT2D eigenvalue weighted by atomic mass is 32.2. The summed E-state index contributed by atoms with van der Waals surface area (Å²) in [4.78, 5) is 26.5. The van der Waals surface area contributed by atoms with Crippen molar-refractivity contribution in [1.82, 2.24) is 14.5 Å². The molecule has 1 atom stereocenters. The second-order valence-corrected chi connectivity index (χ2v) is 10.2. The monoisotopic (exact) mass is 451 g/mol. The van der Waals surface area contributed by atoms with E-state index >= 15 is 0 Å². The Morgan fingerprint density at radius 1 is 1.13 bits per heavy atom. The summed E-state index contributed by atoms with van der Waals surface area (Å²) >= 11 is 0. The van der Waals surface area contributed by atoms with Crippen LogP contribution in [0.3, 0.4) is 0 Å². The quantitative estimate of drug-likeness (QED) is 0.674. The summed E-state index contributed by atoms with van der Waals surface area (Å²) < 4.78 is 39.3. The number of nitrogens with one attached hydrogen (secondary N) is 1. The van der Waals surface area contributed by atoms with Gasteiger partial charge in [0.05, 0.1) is 17.6 Å². The number of sulfonamides is 1. The largest absolute Gasteiger partial charge is 0.376 e. The van der Waals surface area contributed by atoms with Crippen molar-refractivity contribution in [2.24, 2.45) is 0 Å². The first-order valence-electron chi connectivity index (χ1n) is 10.7. The number of hydrogen-bond acceptors (Lipinski definition) is 6. The Morgan fingerprint density at radius 3 is 2.48 bits per heavy atom. The molecular formula is C21H29N3O6S. The van der Waals surface area contributed by atoms with Crippen molar-refractivity contribution in [2.75, 3.05) is 39.4 Å². The van der Waals surface area contributed by atoms with Gasteiger partial charge in [0.1, 0.15) is 5.72 Å². The second-order valence-electron chi connectivity index (χ2n) is 8.32. The van der Waals surface area contributed by atoms with E-state index in [-0.39, 0.29) is 30.6 Å². The lowest BCUT2D eigenvalue weighted by atomic mass is 10.0. The Hall–Kier alpha value is -2.01. The minimum absolute atomic E-state index is 0.0335. The summed E-state index contributed by atoms with van der Waals surface area (Å²) in [5.41, 5.74) is 0.00482. The molecule has 0 bridgehead atoms. The number of ether oxygens (including phenoxy) is 2. The van der Waals surface area contributed by atoms with E-state index in [9.17, 15) is 18.0 Å². The van der Waals surface area contributed by atoms with Crippen LogP contribution in [-0.4, -0.2) is 80.7 Å². The Kier molecular flexibility index (Phi) is 6.34. The van der Waals surface area contributed by atoms with Crippen molar-refractivity contribution >= 4 is 21.8 Å². The first-order valence-corrected chi connectivity index (χ1v) is 12.2. The minimum atomic E-state index is -3.72. The predicted octanol–water partition coefficient (Wildman–Crippen LogP) is 0.630. The van der Waals surface area contributed by atoms with Crippen LogP contribution in [-0.2, 0) is 29.1 Å². The highest BCUT2D eigenvalue weighted by molar-refractivity contribution is 7.89. The first-order chi connectivity index (χ1) is 14.8. The number of carbonyl (C=O) groups excluding carboxylic acids is 2. The molecule has 1 aromatic carbocycles. The van der Waals surface area contributed by atoms with Gasteiger partial charge in [-0.3, -0.25) is 9.59 Å². The van der Waals surface area contributed by atoms with Crippen LogP contribution in [0.25, 0.3) is 0 Å². The van der Waals surface area contributed by atoms with Crippen molar-refractivity contribution < 1.29 is 27.5 Å². The fraction of sp³-hybridized carbons (Fsp3) is 0.619. The van der Waals surface area contributed by atoms with Gasteiger partial charge >= 0.3 is 11.8 Å². The third-order valence-corrected chi connectivity index (χ3v) is 8.23. The molecule has 3 saturated heterocycles. The van der Waals surface area contributed by atoms with Crippen LogP contribution in [0.1, 0.15) is 31.2 Å². The van der Waals surface area contributed by atoms with Crippen molar-refractivity contribution in [3.05, 3.63) is 29.8 Å². The smallest absolute Gasteiger partial charge is 0.311 e. The topological polar surface area (TPSA) is 105 Å². The fourth-order valence-electron chi connectivity index (χ4n) is 4.45. The van der Waals surface area contributed by atoms with Gasteiger partial charge in [-0.15, -0.1) is 0 Å². The van der Waals surface area contributed by atoms with Crippen LogP contribution in [0, 0.1) is 6.92 Å². The molecule has 3 heterocycles. The molecular weight excluding hydrogens is 422 g/mol.